The zero-order chi connectivity index (χ0) is 8.59. The number of hydrogen-bond donors (Lipinski definition) is 1. The van der Waals surface area contributed by atoms with Crippen LogP contribution < -0.4 is 11.3 Å². The van der Waals surface area contributed by atoms with Crippen LogP contribution in [0.2, 0.25) is 5.02 Å². The molecule has 0 unspecified atom stereocenters. The lowest BCUT2D eigenvalue weighted by atomic mass is 10.2. The fourth-order valence-corrected chi connectivity index (χ4v) is 1.05. The fourth-order valence-electron chi connectivity index (χ4n) is 0.805. The van der Waals surface area contributed by atoms with Crippen molar-refractivity contribution in [1.82, 2.24) is 4.57 Å². The van der Waals surface area contributed by atoms with Crippen molar-refractivity contribution >= 4 is 17.3 Å². The number of anilines is 1. The molecule has 1 aromatic rings. The minimum absolute atomic E-state index is 0.202. The third kappa shape index (κ3) is 1.24. The molecule has 60 valence electrons. The van der Waals surface area contributed by atoms with Crippen molar-refractivity contribution in [1.29, 1.82) is 0 Å². The van der Waals surface area contributed by atoms with Gasteiger partial charge in [-0.25, -0.2) is 0 Å². The van der Waals surface area contributed by atoms with Crippen LogP contribution in [0.3, 0.4) is 0 Å². The second kappa shape index (κ2) is 2.58. The Labute approximate surface area is 69.4 Å². The smallest absolute Gasteiger partial charge is 0.273 e. The molecule has 0 aromatic carbocycles. The van der Waals surface area contributed by atoms with Gasteiger partial charge in [0.1, 0.15) is 5.69 Å². The number of hydrogen-bond acceptors (Lipinski definition) is 2. The van der Waals surface area contributed by atoms with Crippen LogP contribution in [0, 0.1) is 6.92 Å². The standard InChI is InChI=1S/C7H9ClN2O/c1-4-5(8)3-10(2)7(11)6(4)9/h3H,9H2,1-2H3. The molecule has 0 aliphatic carbocycles. The molecule has 11 heavy (non-hydrogen) atoms. The highest BCUT2D eigenvalue weighted by atomic mass is 35.5. The first-order valence-electron chi connectivity index (χ1n) is 3.15. The van der Waals surface area contributed by atoms with E-state index in [2.05, 4.69) is 0 Å². The Morgan fingerprint density at radius 3 is 2.73 bits per heavy atom. The van der Waals surface area contributed by atoms with E-state index in [9.17, 15) is 4.79 Å². The topological polar surface area (TPSA) is 48.0 Å². The minimum Gasteiger partial charge on any atom is -0.394 e. The zero-order valence-corrected chi connectivity index (χ0v) is 7.14. The van der Waals surface area contributed by atoms with Gasteiger partial charge < -0.3 is 10.3 Å². The highest BCUT2D eigenvalue weighted by Crippen LogP contribution is 2.15. The van der Waals surface area contributed by atoms with Gasteiger partial charge in [-0.2, -0.15) is 0 Å². The number of nitrogens with two attached hydrogens (primary N) is 1. The monoisotopic (exact) mass is 172 g/mol. The highest BCUT2D eigenvalue weighted by Gasteiger charge is 2.04. The van der Waals surface area contributed by atoms with Crippen molar-refractivity contribution < 1.29 is 0 Å². The summed E-state index contributed by atoms with van der Waals surface area (Å²) < 4.78 is 1.37. The second-order valence-electron chi connectivity index (χ2n) is 2.43. The predicted molar refractivity (Wildman–Crippen MR) is 45.8 cm³/mol. The molecule has 0 fully saturated rings. The summed E-state index contributed by atoms with van der Waals surface area (Å²) in [5.41, 5.74) is 6.13. The second-order valence-corrected chi connectivity index (χ2v) is 2.84. The number of halogens is 1. The van der Waals surface area contributed by atoms with Crippen molar-refractivity contribution in [2.24, 2.45) is 7.05 Å². The van der Waals surface area contributed by atoms with E-state index in [4.69, 9.17) is 17.3 Å². The molecule has 0 saturated heterocycles. The quantitative estimate of drug-likeness (QED) is 0.633. The molecule has 0 atom stereocenters. The maximum atomic E-state index is 11.1. The number of aromatic nitrogens is 1. The molecule has 1 heterocycles. The lowest BCUT2D eigenvalue weighted by molar-refractivity contribution is 0.860. The summed E-state index contributed by atoms with van der Waals surface area (Å²) >= 11 is 5.75. The van der Waals surface area contributed by atoms with Crippen LogP contribution in [0.15, 0.2) is 11.0 Å². The van der Waals surface area contributed by atoms with E-state index < -0.39 is 0 Å². The molecule has 0 spiro atoms. The molecule has 1 rings (SSSR count). The summed E-state index contributed by atoms with van der Waals surface area (Å²) in [6.07, 6.45) is 1.55. The summed E-state index contributed by atoms with van der Waals surface area (Å²) in [5, 5.41) is 0.518. The average Bonchev–Trinajstić information content (AvgIpc) is 1.97. The molecule has 0 amide bonds. The van der Waals surface area contributed by atoms with Gasteiger partial charge in [-0.1, -0.05) is 11.6 Å². The zero-order valence-electron chi connectivity index (χ0n) is 6.39. The third-order valence-corrected chi connectivity index (χ3v) is 2.00. The predicted octanol–water partition coefficient (Wildman–Crippen LogP) is 0.929. The molecule has 0 aliphatic heterocycles. The van der Waals surface area contributed by atoms with Crippen LogP contribution in [0.25, 0.3) is 0 Å². The van der Waals surface area contributed by atoms with Crippen molar-refractivity contribution in [2.75, 3.05) is 5.73 Å². The molecule has 2 N–H and O–H groups in total. The molecule has 0 aliphatic rings. The van der Waals surface area contributed by atoms with E-state index in [1.807, 2.05) is 0 Å². The van der Waals surface area contributed by atoms with Crippen LogP contribution in [0.4, 0.5) is 5.69 Å². The van der Waals surface area contributed by atoms with Crippen LogP contribution in [-0.4, -0.2) is 4.57 Å². The molecule has 1 aromatic heterocycles. The van der Waals surface area contributed by atoms with Crippen molar-refractivity contribution in [3.8, 4) is 0 Å². The van der Waals surface area contributed by atoms with Crippen LogP contribution in [0.1, 0.15) is 5.56 Å². The first-order valence-corrected chi connectivity index (χ1v) is 3.53. The van der Waals surface area contributed by atoms with Gasteiger partial charge in [-0.15, -0.1) is 0 Å². The van der Waals surface area contributed by atoms with E-state index in [1.165, 1.54) is 4.57 Å². The van der Waals surface area contributed by atoms with Gasteiger partial charge in [-0.3, -0.25) is 4.79 Å². The summed E-state index contributed by atoms with van der Waals surface area (Å²) in [5.74, 6) is 0. The summed E-state index contributed by atoms with van der Waals surface area (Å²) in [4.78, 5) is 11.1. The van der Waals surface area contributed by atoms with E-state index in [-0.39, 0.29) is 11.2 Å². The van der Waals surface area contributed by atoms with Crippen molar-refractivity contribution in [2.45, 2.75) is 6.92 Å². The molecule has 0 bridgehead atoms. The third-order valence-electron chi connectivity index (χ3n) is 1.62. The van der Waals surface area contributed by atoms with Crippen molar-refractivity contribution in [3.63, 3.8) is 0 Å². The summed E-state index contributed by atoms with van der Waals surface area (Å²) in [6.45, 7) is 1.72. The first-order chi connectivity index (χ1) is 5.04. The summed E-state index contributed by atoms with van der Waals surface area (Å²) in [7, 11) is 1.62. The first kappa shape index (κ1) is 8.14. The highest BCUT2D eigenvalue weighted by molar-refractivity contribution is 6.31. The number of aryl methyl sites for hydroxylation is 1. The van der Waals surface area contributed by atoms with E-state index >= 15 is 0 Å². The lowest BCUT2D eigenvalue weighted by Gasteiger charge is -2.04. The summed E-state index contributed by atoms with van der Waals surface area (Å²) in [6, 6.07) is 0. The van der Waals surface area contributed by atoms with E-state index in [0.29, 0.717) is 10.6 Å². The Bertz CT molecular complexity index is 343. The van der Waals surface area contributed by atoms with Gasteiger partial charge in [0.15, 0.2) is 0 Å². The number of nitrogens with zero attached hydrogens (tertiary/aromatic N) is 1. The number of pyridine rings is 1. The van der Waals surface area contributed by atoms with Crippen LogP contribution >= 0.6 is 11.6 Å². The SMILES string of the molecule is Cc1c(Cl)cn(C)c(=O)c1N. The fraction of sp³-hybridized carbons (Fsp3) is 0.286. The maximum Gasteiger partial charge on any atom is 0.273 e. The van der Waals surface area contributed by atoms with Crippen molar-refractivity contribution in [3.05, 3.63) is 27.1 Å². The molecular weight excluding hydrogens is 164 g/mol. The van der Waals surface area contributed by atoms with Crippen LogP contribution in [-0.2, 0) is 7.05 Å². The average molecular weight is 173 g/mol. The van der Waals surface area contributed by atoms with Gasteiger partial charge in [0, 0.05) is 13.2 Å². The Kier molecular flexibility index (Phi) is 1.91. The Balaban J connectivity index is 3.59. The molecule has 3 nitrogen and oxygen atoms in total. The van der Waals surface area contributed by atoms with Gasteiger partial charge in [0.2, 0.25) is 0 Å². The van der Waals surface area contributed by atoms with E-state index in [0.717, 1.165) is 0 Å². The van der Waals surface area contributed by atoms with Gasteiger partial charge in [-0.05, 0) is 12.5 Å². The lowest BCUT2D eigenvalue weighted by Crippen LogP contribution is -2.20. The molecular formula is C7H9ClN2O. The van der Waals surface area contributed by atoms with Gasteiger partial charge >= 0.3 is 0 Å². The van der Waals surface area contributed by atoms with Gasteiger partial charge in [0.25, 0.3) is 5.56 Å². The molecule has 0 radical (unpaired) electrons. The molecule has 4 heteroatoms. The van der Waals surface area contributed by atoms with E-state index in [1.54, 1.807) is 20.2 Å². The maximum absolute atomic E-state index is 11.1. The van der Waals surface area contributed by atoms with Gasteiger partial charge in [0.05, 0.1) is 5.02 Å². The largest absolute Gasteiger partial charge is 0.394 e. The Hall–Kier alpha value is -0.960. The number of nitrogen functional groups attached to an aromatic ring is 1. The van der Waals surface area contributed by atoms with Crippen LogP contribution in [0.5, 0.6) is 0 Å². The Morgan fingerprint density at radius 2 is 2.18 bits per heavy atom. The molecule has 0 saturated carbocycles. The Morgan fingerprint density at radius 1 is 1.64 bits per heavy atom. The number of rotatable bonds is 0. The minimum atomic E-state index is -0.202. The normalized spacial score (nSPS) is 10.1.